The van der Waals surface area contributed by atoms with Crippen molar-refractivity contribution in [3.8, 4) is 51.5 Å². The molecule has 0 unspecified atom stereocenters. The molecule has 0 saturated heterocycles. The number of rotatable bonds is 5. The van der Waals surface area contributed by atoms with Gasteiger partial charge in [-0.3, -0.25) is 9.97 Å². The molecule has 3 aromatic carbocycles. The predicted molar refractivity (Wildman–Crippen MR) is 121 cm³/mol. The van der Waals surface area contributed by atoms with Crippen LogP contribution in [0.4, 0.5) is 0 Å². The smallest absolute Gasteiger partial charge is 0.217 e. The zero-order chi connectivity index (χ0) is 21.8. The summed E-state index contributed by atoms with van der Waals surface area (Å²) in [5, 5.41) is 10.4. The van der Waals surface area contributed by atoms with Crippen LogP contribution >= 0.6 is 0 Å². The first kappa shape index (κ1) is 22.3. The van der Waals surface area contributed by atoms with Gasteiger partial charge in [0.05, 0.1) is 11.4 Å². The summed E-state index contributed by atoms with van der Waals surface area (Å²) in [7, 11) is 0. The van der Waals surface area contributed by atoms with Crippen molar-refractivity contribution in [3.05, 3.63) is 103 Å². The van der Waals surface area contributed by atoms with Crippen LogP contribution in [0.2, 0.25) is 0 Å². The minimum Gasteiger partial charge on any atom is -0.507 e. The number of aromatic hydroxyl groups is 1. The summed E-state index contributed by atoms with van der Waals surface area (Å²) in [6.45, 7) is 0. The maximum atomic E-state index is 10.4. The van der Waals surface area contributed by atoms with Gasteiger partial charge in [0, 0.05) is 44.6 Å². The Balaban J connectivity index is 0.00000259. The summed E-state index contributed by atoms with van der Waals surface area (Å²) in [6.07, 6.45) is 1.66. The van der Waals surface area contributed by atoms with E-state index in [4.69, 9.17) is 4.74 Å². The number of aromatic nitrogens is 4. The summed E-state index contributed by atoms with van der Waals surface area (Å²) >= 11 is 0. The van der Waals surface area contributed by atoms with Crippen molar-refractivity contribution in [1.29, 1.82) is 0 Å². The standard InChI is InChI=1S/C26H17N4O2.Pt/c31-22-14-5-4-13-21(22)26-29-24(18-9-2-1-3-10-18)28-25(30-26)19-11-8-12-20(17-19)32-23-15-6-7-16-27-23;/h1-16,31H;/q-1;. The molecule has 0 radical (unpaired) electrons. The third-order valence-corrected chi connectivity index (χ3v) is 4.67. The average Bonchev–Trinajstić information content (AvgIpc) is 2.85. The molecule has 0 atom stereocenters. The van der Waals surface area contributed by atoms with Crippen LogP contribution in [0.1, 0.15) is 0 Å². The molecule has 0 aliphatic carbocycles. The summed E-state index contributed by atoms with van der Waals surface area (Å²) in [6, 6.07) is 30.7. The second kappa shape index (κ2) is 10.2. The van der Waals surface area contributed by atoms with Gasteiger partial charge in [0.15, 0.2) is 11.6 Å². The molecule has 33 heavy (non-hydrogen) atoms. The van der Waals surface area contributed by atoms with Crippen molar-refractivity contribution >= 4 is 0 Å². The molecular weight excluding hydrogens is 595 g/mol. The van der Waals surface area contributed by atoms with E-state index in [1.54, 1.807) is 36.5 Å². The molecule has 6 nitrogen and oxygen atoms in total. The quantitative estimate of drug-likeness (QED) is 0.262. The second-order valence-corrected chi connectivity index (χ2v) is 6.89. The molecule has 2 heterocycles. The van der Waals surface area contributed by atoms with Crippen LogP contribution in [0.5, 0.6) is 17.4 Å². The fourth-order valence-electron chi connectivity index (χ4n) is 3.15. The van der Waals surface area contributed by atoms with Gasteiger partial charge < -0.3 is 9.84 Å². The van der Waals surface area contributed by atoms with Crippen LogP contribution in [0.15, 0.2) is 97.2 Å². The van der Waals surface area contributed by atoms with Gasteiger partial charge in [0.25, 0.3) is 0 Å². The summed E-state index contributed by atoms with van der Waals surface area (Å²) in [5.74, 6) is 2.35. The average molecular weight is 613 g/mol. The predicted octanol–water partition coefficient (Wildman–Crippen LogP) is 5.56. The van der Waals surface area contributed by atoms with Gasteiger partial charge in [0.2, 0.25) is 5.88 Å². The van der Waals surface area contributed by atoms with Gasteiger partial charge in [-0.1, -0.05) is 54.6 Å². The third kappa shape index (κ3) is 5.13. The Kier molecular flexibility index (Phi) is 6.86. The fourth-order valence-corrected chi connectivity index (χ4v) is 3.15. The first-order valence-electron chi connectivity index (χ1n) is 9.98. The van der Waals surface area contributed by atoms with Crippen LogP contribution in [0.25, 0.3) is 34.2 Å². The molecule has 0 amide bonds. The Morgan fingerprint density at radius 1 is 0.667 bits per heavy atom. The van der Waals surface area contributed by atoms with Crippen LogP contribution < -0.4 is 4.74 Å². The molecule has 7 heteroatoms. The van der Waals surface area contributed by atoms with E-state index in [-0.39, 0.29) is 26.8 Å². The Morgan fingerprint density at radius 2 is 1.39 bits per heavy atom. The van der Waals surface area contributed by atoms with E-state index >= 15 is 0 Å². The van der Waals surface area contributed by atoms with E-state index in [9.17, 15) is 5.11 Å². The number of nitrogens with zero attached hydrogens (tertiary/aromatic N) is 4. The number of hydrogen-bond donors (Lipinski definition) is 1. The molecule has 5 aromatic rings. The number of para-hydroxylation sites is 1. The van der Waals surface area contributed by atoms with Gasteiger partial charge in [-0.25, -0.2) is 9.97 Å². The molecular formula is C26H17N4O2Pt-. The van der Waals surface area contributed by atoms with Crippen molar-refractivity contribution in [2.24, 2.45) is 0 Å². The maximum Gasteiger partial charge on any atom is 0.217 e. The number of ether oxygens (including phenoxy) is 1. The molecule has 0 spiro atoms. The van der Waals surface area contributed by atoms with E-state index in [0.717, 1.165) is 5.56 Å². The van der Waals surface area contributed by atoms with Crippen molar-refractivity contribution < 1.29 is 30.9 Å². The van der Waals surface area contributed by atoms with Crippen molar-refractivity contribution in [2.45, 2.75) is 0 Å². The van der Waals surface area contributed by atoms with Crippen molar-refractivity contribution in [2.75, 3.05) is 0 Å². The number of benzene rings is 3. The number of pyridine rings is 1. The van der Waals surface area contributed by atoms with E-state index in [0.29, 0.717) is 40.2 Å². The molecule has 0 bridgehead atoms. The van der Waals surface area contributed by atoms with Gasteiger partial charge in [-0.15, -0.1) is 23.8 Å². The van der Waals surface area contributed by atoms with E-state index in [2.05, 4.69) is 26.0 Å². The van der Waals surface area contributed by atoms with Crippen LogP contribution in [0.3, 0.4) is 0 Å². The van der Waals surface area contributed by atoms with Crippen molar-refractivity contribution in [1.82, 2.24) is 19.9 Å². The minimum absolute atomic E-state index is 0. The topological polar surface area (TPSA) is 81.0 Å². The Morgan fingerprint density at radius 3 is 2.18 bits per heavy atom. The van der Waals surface area contributed by atoms with E-state index in [1.807, 2.05) is 60.7 Å². The van der Waals surface area contributed by atoms with Crippen molar-refractivity contribution in [3.63, 3.8) is 0 Å². The second-order valence-electron chi connectivity index (χ2n) is 6.89. The summed E-state index contributed by atoms with van der Waals surface area (Å²) in [5.41, 5.74) is 2.00. The Bertz CT molecular complexity index is 1370. The van der Waals surface area contributed by atoms with Gasteiger partial charge >= 0.3 is 0 Å². The molecule has 0 fully saturated rings. The molecule has 0 saturated carbocycles. The maximum absolute atomic E-state index is 10.4. The van der Waals surface area contributed by atoms with Gasteiger partial charge in [0.1, 0.15) is 5.75 Å². The molecule has 164 valence electrons. The first-order chi connectivity index (χ1) is 15.8. The molecule has 1 N–H and O–H groups in total. The van der Waals surface area contributed by atoms with Crippen LogP contribution in [0, 0.1) is 6.07 Å². The van der Waals surface area contributed by atoms with Gasteiger partial charge in [-0.2, -0.15) is 0 Å². The third-order valence-electron chi connectivity index (χ3n) is 4.67. The normalized spacial score (nSPS) is 10.3. The number of phenolic OH excluding ortho intramolecular Hbond substituents is 1. The first-order valence-corrected chi connectivity index (χ1v) is 9.98. The monoisotopic (exact) mass is 612 g/mol. The summed E-state index contributed by atoms with van der Waals surface area (Å²) in [4.78, 5) is 18.1. The molecule has 5 rings (SSSR count). The largest absolute Gasteiger partial charge is 0.507 e. The molecule has 2 aromatic heterocycles. The minimum atomic E-state index is 0. The van der Waals surface area contributed by atoms with Crippen LogP contribution in [-0.2, 0) is 21.1 Å². The zero-order valence-corrected chi connectivity index (χ0v) is 19.5. The number of phenols is 1. The fraction of sp³-hybridized carbons (Fsp3) is 0. The van der Waals surface area contributed by atoms with Gasteiger partial charge in [-0.05, 0) is 18.2 Å². The van der Waals surface area contributed by atoms with Crippen LogP contribution in [-0.4, -0.2) is 25.0 Å². The molecule has 0 aliphatic heterocycles. The molecule has 0 aliphatic rings. The SMILES string of the molecule is Oc1ccccc1-c1nc(-c2[c-]c(Oc3ccccn3)ccc2)nc(-c2ccccc2)n1.[Pt]. The number of hydrogen-bond acceptors (Lipinski definition) is 6. The summed E-state index contributed by atoms with van der Waals surface area (Å²) < 4.78 is 5.81. The zero-order valence-electron chi connectivity index (χ0n) is 17.2. The van der Waals surface area contributed by atoms with E-state index < -0.39 is 0 Å². The van der Waals surface area contributed by atoms with E-state index in [1.165, 1.54) is 0 Å². The Labute approximate surface area is 205 Å². The Hall–Kier alpha value is -3.89.